The zero-order valence-electron chi connectivity index (χ0n) is 10.9. The SMILES string of the molecule is CC.Cc1cc([N+](=O)[O-])cc2cc(C3CC3)oc12. The second-order valence-electron chi connectivity index (χ2n) is 4.36. The number of furan rings is 1. The first-order chi connectivity index (χ1) is 8.65. The Hall–Kier alpha value is -1.84. The largest absolute Gasteiger partial charge is 0.460 e. The lowest BCUT2D eigenvalue weighted by Gasteiger charge is -1.95. The predicted molar refractivity (Wildman–Crippen MR) is 70.9 cm³/mol. The number of hydrogen-bond donors (Lipinski definition) is 0. The molecule has 18 heavy (non-hydrogen) atoms. The molecule has 0 amide bonds. The van der Waals surface area contributed by atoms with Crippen LogP contribution in [0.15, 0.2) is 22.6 Å². The Kier molecular flexibility index (Phi) is 3.36. The monoisotopic (exact) mass is 247 g/mol. The third-order valence-corrected chi connectivity index (χ3v) is 3.00. The molecule has 0 N–H and O–H groups in total. The Morgan fingerprint density at radius 1 is 1.28 bits per heavy atom. The van der Waals surface area contributed by atoms with E-state index in [1.54, 1.807) is 12.1 Å². The number of nitro benzene ring substituents is 1. The molecule has 0 radical (unpaired) electrons. The number of nitrogens with zero attached hydrogens (tertiary/aromatic N) is 1. The normalized spacial score (nSPS) is 14.2. The minimum absolute atomic E-state index is 0.133. The van der Waals surface area contributed by atoms with Crippen LogP contribution in [0.25, 0.3) is 11.0 Å². The van der Waals surface area contributed by atoms with Crippen LogP contribution in [0.5, 0.6) is 0 Å². The van der Waals surface area contributed by atoms with Gasteiger partial charge in [0.15, 0.2) is 0 Å². The second-order valence-corrected chi connectivity index (χ2v) is 4.36. The maximum Gasteiger partial charge on any atom is 0.270 e. The van der Waals surface area contributed by atoms with Gasteiger partial charge in [0.1, 0.15) is 11.3 Å². The number of rotatable bonds is 2. The van der Waals surface area contributed by atoms with Gasteiger partial charge in [0.2, 0.25) is 0 Å². The van der Waals surface area contributed by atoms with Gasteiger partial charge >= 0.3 is 0 Å². The van der Waals surface area contributed by atoms with Gasteiger partial charge in [-0.3, -0.25) is 10.1 Å². The van der Waals surface area contributed by atoms with Crippen molar-refractivity contribution in [1.29, 1.82) is 0 Å². The Morgan fingerprint density at radius 3 is 2.50 bits per heavy atom. The van der Waals surface area contributed by atoms with Crippen molar-refractivity contribution < 1.29 is 9.34 Å². The van der Waals surface area contributed by atoms with E-state index in [2.05, 4.69) is 0 Å². The van der Waals surface area contributed by atoms with Crippen molar-refractivity contribution in [3.63, 3.8) is 0 Å². The molecule has 1 aromatic heterocycles. The van der Waals surface area contributed by atoms with Crippen molar-refractivity contribution in [3.8, 4) is 0 Å². The minimum Gasteiger partial charge on any atom is -0.460 e. The van der Waals surface area contributed by atoms with Gasteiger partial charge in [-0.2, -0.15) is 0 Å². The summed E-state index contributed by atoms with van der Waals surface area (Å²) in [7, 11) is 0. The van der Waals surface area contributed by atoms with Crippen LogP contribution in [0.1, 0.15) is 43.9 Å². The molecule has 3 rings (SSSR count). The number of fused-ring (bicyclic) bond motifs is 1. The summed E-state index contributed by atoms with van der Waals surface area (Å²) in [6, 6.07) is 5.08. The molecule has 1 aromatic carbocycles. The molecule has 0 atom stereocenters. The van der Waals surface area contributed by atoms with Crippen molar-refractivity contribution >= 4 is 16.7 Å². The highest BCUT2D eigenvalue weighted by atomic mass is 16.6. The van der Waals surface area contributed by atoms with E-state index in [0.717, 1.165) is 22.3 Å². The van der Waals surface area contributed by atoms with E-state index < -0.39 is 0 Å². The summed E-state index contributed by atoms with van der Waals surface area (Å²) in [5.74, 6) is 1.50. The van der Waals surface area contributed by atoms with E-state index in [0.29, 0.717) is 5.92 Å². The third kappa shape index (κ3) is 2.23. The maximum absolute atomic E-state index is 10.7. The molecule has 1 aliphatic rings. The highest BCUT2D eigenvalue weighted by molar-refractivity contribution is 5.83. The molecule has 1 heterocycles. The van der Waals surface area contributed by atoms with E-state index in [4.69, 9.17) is 4.42 Å². The lowest BCUT2D eigenvalue weighted by atomic mass is 10.1. The maximum atomic E-state index is 10.7. The van der Waals surface area contributed by atoms with Gasteiger partial charge in [-0.1, -0.05) is 13.8 Å². The fourth-order valence-corrected chi connectivity index (χ4v) is 2.00. The van der Waals surface area contributed by atoms with Gasteiger partial charge in [0.05, 0.1) is 4.92 Å². The number of aryl methyl sites for hydroxylation is 1. The van der Waals surface area contributed by atoms with Crippen molar-refractivity contribution in [2.24, 2.45) is 0 Å². The molecule has 1 fully saturated rings. The zero-order valence-corrected chi connectivity index (χ0v) is 10.9. The molecule has 0 spiro atoms. The Labute approximate surface area is 106 Å². The van der Waals surface area contributed by atoms with Gasteiger partial charge in [0, 0.05) is 23.4 Å². The summed E-state index contributed by atoms with van der Waals surface area (Å²) in [4.78, 5) is 10.4. The Morgan fingerprint density at radius 2 is 1.94 bits per heavy atom. The summed E-state index contributed by atoms with van der Waals surface area (Å²) in [5.41, 5.74) is 1.75. The van der Waals surface area contributed by atoms with Gasteiger partial charge in [-0.05, 0) is 31.4 Å². The van der Waals surface area contributed by atoms with E-state index >= 15 is 0 Å². The quantitative estimate of drug-likeness (QED) is 0.577. The number of benzene rings is 1. The van der Waals surface area contributed by atoms with Crippen LogP contribution >= 0.6 is 0 Å². The Balaban J connectivity index is 0.000000574. The second kappa shape index (κ2) is 4.80. The van der Waals surface area contributed by atoms with Crippen molar-refractivity contribution in [3.05, 3.63) is 39.6 Å². The van der Waals surface area contributed by atoms with Gasteiger partial charge in [-0.15, -0.1) is 0 Å². The molecule has 1 saturated carbocycles. The summed E-state index contributed by atoms with van der Waals surface area (Å²) >= 11 is 0. The van der Waals surface area contributed by atoms with E-state index in [1.807, 2.05) is 26.8 Å². The van der Waals surface area contributed by atoms with Crippen LogP contribution in [-0.4, -0.2) is 4.92 Å². The summed E-state index contributed by atoms with van der Waals surface area (Å²) < 4.78 is 5.73. The molecule has 0 unspecified atom stereocenters. The van der Waals surface area contributed by atoms with Crippen LogP contribution in [0.2, 0.25) is 0 Å². The topological polar surface area (TPSA) is 56.3 Å². The van der Waals surface area contributed by atoms with Gasteiger partial charge in [-0.25, -0.2) is 0 Å². The number of non-ortho nitro benzene ring substituents is 1. The first kappa shape index (κ1) is 12.6. The number of nitro groups is 1. The van der Waals surface area contributed by atoms with Crippen LogP contribution in [0.4, 0.5) is 5.69 Å². The van der Waals surface area contributed by atoms with Gasteiger partial charge in [0.25, 0.3) is 5.69 Å². The molecule has 0 aliphatic heterocycles. The summed E-state index contributed by atoms with van der Waals surface area (Å²) in [6.07, 6.45) is 2.34. The molecular formula is C14H17NO3. The molecule has 2 aromatic rings. The highest BCUT2D eigenvalue weighted by Crippen LogP contribution is 2.43. The molecule has 0 bridgehead atoms. The molecule has 0 saturated heterocycles. The fraction of sp³-hybridized carbons (Fsp3) is 0.429. The molecule has 1 aliphatic carbocycles. The lowest BCUT2D eigenvalue weighted by Crippen LogP contribution is -1.88. The third-order valence-electron chi connectivity index (χ3n) is 3.00. The first-order valence-electron chi connectivity index (χ1n) is 6.33. The first-order valence-corrected chi connectivity index (χ1v) is 6.33. The van der Waals surface area contributed by atoms with Crippen LogP contribution in [0.3, 0.4) is 0 Å². The highest BCUT2D eigenvalue weighted by Gasteiger charge is 2.27. The van der Waals surface area contributed by atoms with E-state index in [-0.39, 0.29) is 10.6 Å². The molecular weight excluding hydrogens is 230 g/mol. The average molecular weight is 247 g/mol. The zero-order chi connectivity index (χ0) is 13.3. The molecule has 4 heteroatoms. The predicted octanol–water partition coefficient (Wildman–Crippen LogP) is 4.55. The summed E-state index contributed by atoms with van der Waals surface area (Å²) in [5, 5.41) is 11.6. The molecule has 4 nitrogen and oxygen atoms in total. The van der Waals surface area contributed by atoms with E-state index in [9.17, 15) is 10.1 Å². The minimum atomic E-state index is -0.365. The summed E-state index contributed by atoms with van der Waals surface area (Å²) in [6.45, 7) is 5.84. The van der Waals surface area contributed by atoms with E-state index in [1.165, 1.54) is 12.8 Å². The number of hydrogen-bond acceptors (Lipinski definition) is 3. The fourth-order valence-electron chi connectivity index (χ4n) is 2.00. The van der Waals surface area contributed by atoms with Crippen molar-refractivity contribution in [2.75, 3.05) is 0 Å². The Bertz CT molecular complexity index is 582. The van der Waals surface area contributed by atoms with Crippen molar-refractivity contribution in [2.45, 2.75) is 39.5 Å². The van der Waals surface area contributed by atoms with Gasteiger partial charge < -0.3 is 4.42 Å². The lowest BCUT2D eigenvalue weighted by molar-refractivity contribution is -0.384. The van der Waals surface area contributed by atoms with Crippen LogP contribution in [-0.2, 0) is 0 Å². The van der Waals surface area contributed by atoms with Crippen LogP contribution < -0.4 is 0 Å². The van der Waals surface area contributed by atoms with Crippen molar-refractivity contribution in [1.82, 2.24) is 0 Å². The smallest absolute Gasteiger partial charge is 0.270 e. The molecule has 96 valence electrons. The standard InChI is InChI=1S/C12H11NO3.C2H6/c1-7-4-10(13(14)15)5-9-6-11(8-2-3-8)16-12(7)9;1-2/h4-6,8H,2-3H2,1H3;1-2H3. The van der Waals surface area contributed by atoms with Crippen LogP contribution in [0, 0.1) is 17.0 Å². The average Bonchev–Trinajstić information content (AvgIpc) is 3.11.